The molecule has 1 aliphatic rings. The van der Waals surface area contributed by atoms with Gasteiger partial charge in [-0.05, 0) is 5.92 Å². The third-order valence-corrected chi connectivity index (χ3v) is 2.73. The molecular weight excluding hydrogens is 164 g/mol. The Kier molecular flexibility index (Phi) is 2.00. The maximum absolute atomic E-state index is 5.94. The number of aromatic nitrogens is 2. The molecule has 0 amide bonds. The summed E-state index contributed by atoms with van der Waals surface area (Å²) in [6.45, 7) is 4.20. The molecule has 0 radical (unpaired) electrons. The maximum atomic E-state index is 5.94. The summed E-state index contributed by atoms with van der Waals surface area (Å²) in [5, 5.41) is 4.15. The fourth-order valence-electron chi connectivity index (χ4n) is 1.77. The van der Waals surface area contributed by atoms with Gasteiger partial charge in [0.2, 0.25) is 0 Å². The van der Waals surface area contributed by atoms with Crippen molar-refractivity contribution in [3.63, 3.8) is 0 Å². The summed E-state index contributed by atoms with van der Waals surface area (Å²) in [4.78, 5) is 2.29. The number of aryl methyl sites for hydroxylation is 1. The molecule has 1 fully saturated rings. The first-order chi connectivity index (χ1) is 6.16. The summed E-state index contributed by atoms with van der Waals surface area (Å²) >= 11 is 0. The SMILES string of the molecule is C[C@H]1CN(c2cnn(C)c2)C[C@H]1N. The molecule has 0 unspecified atom stereocenters. The first-order valence-electron chi connectivity index (χ1n) is 4.66. The fourth-order valence-corrected chi connectivity index (χ4v) is 1.77. The van der Waals surface area contributed by atoms with Gasteiger partial charge in [0.25, 0.3) is 0 Å². The van der Waals surface area contributed by atoms with Crippen molar-refractivity contribution in [1.29, 1.82) is 0 Å². The van der Waals surface area contributed by atoms with E-state index in [0.717, 1.165) is 13.1 Å². The summed E-state index contributed by atoms with van der Waals surface area (Å²) in [6, 6.07) is 0.306. The zero-order chi connectivity index (χ0) is 9.42. The van der Waals surface area contributed by atoms with E-state index in [1.807, 2.05) is 24.1 Å². The van der Waals surface area contributed by atoms with E-state index in [-0.39, 0.29) is 0 Å². The Morgan fingerprint density at radius 1 is 1.54 bits per heavy atom. The van der Waals surface area contributed by atoms with E-state index in [9.17, 15) is 0 Å². The van der Waals surface area contributed by atoms with Crippen LogP contribution in [0.3, 0.4) is 0 Å². The first-order valence-corrected chi connectivity index (χ1v) is 4.66. The van der Waals surface area contributed by atoms with Gasteiger partial charge in [0.05, 0.1) is 11.9 Å². The van der Waals surface area contributed by atoms with Crippen LogP contribution in [0.4, 0.5) is 5.69 Å². The van der Waals surface area contributed by atoms with E-state index in [0.29, 0.717) is 12.0 Å². The molecule has 1 aromatic rings. The quantitative estimate of drug-likeness (QED) is 0.671. The van der Waals surface area contributed by atoms with Gasteiger partial charge in [0.1, 0.15) is 0 Å². The second-order valence-corrected chi connectivity index (χ2v) is 3.92. The summed E-state index contributed by atoms with van der Waals surface area (Å²) in [6.07, 6.45) is 3.93. The van der Waals surface area contributed by atoms with Crippen LogP contribution < -0.4 is 10.6 Å². The standard InChI is InChI=1S/C9H16N4/c1-7-4-13(6-9(7)10)8-3-11-12(2)5-8/h3,5,7,9H,4,6,10H2,1-2H3/t7-,9+/m0/s1. The van der Waals surface area contributed by atoms with Crippen LogP contribution in [0.25, 0.3) is 0 Å². The van der Waals surface area contributed by atoms with Gasteiger partial charge in [-0.1, -0.05) is 6.92 Å². The molecule has 0 spiro atoms. The van der Waals surface area contributed by atoms with Crippen molar-refractivity contribution in [2.24, 2.45) is 18.7 Å². The topological polar surface area (TPSA) is 47.1 Å². The van der Waals surface area contributed by atoms with Crippen LogP contribution in [-0.2, 0) is 7.05 Å². The molecule has 1 saturated heterocycles. The highest BCUT2D eigenvalue weighted by Gasteiger charge is 2.26. The largest absolute Gasteiger partial charge is 0.367 e. The molecular formula is C9H16N4. The number of rotatable bonds is 1. The third-order valence-electron chi connectivity index (χ3n) is 2.73. The Morgan fingerprint density at radius 2 is 2.31 bits per heavy atom. The van der Waals surface area contributed by atoms with Crippen LogP contribution in [-0.4, -0.2) is 28.9 Å². The van der Waals surface area contributed by atoms with Crippen LogP contribution >= 0.6 is 0 Å². The predicted octanol–water partition coefficient (Wildman–Crippen LogP) is 0.204. The van der Waals surface area contributed by atoms with E-state index in [4.69, 9.17) is 5.73 Å². The minimum absolute atomic E-state index is 0.306. The fraction of sp³-hybridized carbons (Fsp3) is 0.667. The van der Waals surface area contributed by atoms with Crippen LogP contribution in [0, 0.1) is 5.92 Å². The second-order valence-electron chi connectivity index (χ2n) is 3.92. The van der Waals surface area contributed by atoms with Crippen LogP contribution in [0.1, 0.15) is 6.92 Å². The van der Waals surface area contributed by atoms with Crippen molar-refractivity contribution in [3.05, 3.63) is 12.4 Å². The molecule has 1 aliphatic heterocycles. The molecule has 4 heteroatoms. The highest BCUT2D eigenvalue weighted by atomic mass is 15.3. The van der Waals surface area contributed by atoms with Gasteiger partial charge in [-0.2, -0.15) is 5.10 Å². The van der Waals surface area contributed by atoms with E-state index in [1.165, 1.54) is 5.69 Å². The van der Waals surface area contributed by atoms with E-state index >= 15 is 0 Å². The van der Waals surface area contributed by atoms with Gasteiger partial charge in [-0.25, -0.2) is 0 Å². The van der Waals surface area contributed by atoms with Crippen molar-refractivity contribution in [1.82, 2.24) is 9.78 Å². The van der Waals surface area contributed by atoms with Gasteiger partial charge < -0.3 is 10.6 Å². The van der Waals surface area contributed by atoms with Crippen LogP contribution in [0.2, 0.25) is 0 Å². The summed E-state index contributed by atoms with van der Waals surface area (Å²) in [5.41, 5.74) is 7.13. The predicted molar refractivity (Wildman–Crippen MR) is 52.6 cm³/mol. The van der Waals surface area contributed by atoms with E-state index in [2.05, 4.69) is 16.9 Å². The summed E-state index contributed by atoms with van der Waals surface area (Å²) < 4.78 is 1.82. The molecule has 2 atom stereocenters. The Bertz CT molecular complexity index is 284. The summed E-state index contributed by atoms with van der Waals surface area (Å²) in [7, 11) is 1.93. The molecule has 0 aliphatic carbocycles. The molecule has 13 heavy (non-hydrogen) atoms. The highest BCUT2D eigenvalue weighted by molar-refractivity contribution is 5.44. The van der Waals surface area contributed by atoms with Crippen molar-refractivity contribution in [2.45, 2.75) is 13.0 Å². The van der Waals surface area contributed by atoms with Gasteiger partial charge in [-0.15, -0.1) is 0 Å². The lowest BCUT2D eigenvalue weighted by molar-refractivity contribution is 0.566. The first kappa shape index (κ1) is 8.56. The van der Waals surface area contributed by atoms with Crippen molar-refractivity contribution < 1.29 is 0 Å². The molecule has 4 nitrogen and oxygen atoms in total. The molecule has 0 bridgehead atoms. The Balaban J connectivity index is 2.11. The molecule has 2 N–H and O–H groups in total. The van der Waals surface area contributed by atoms with Crippen molar-refractivity contribution in [2.75, 3.05) is 18.0 Å². The average Bonchev–Trinajstić information content (AvgIpc) is 2.61. The minimum Gasteiger partial charge on any atom is -0.367 e. The maximum Gasteiger partial charge on any atom is 0.0753 e. The molecule has 0 saturated carbocycles. The normalized spacial score (nSPS) is 28.4. The average molecular weight is 180 g/mol. The Hall–Kier alpha value is -1.03. The lowest BCUT2D eigenvalue weighted by atomic mass is 10.1. The van der Waals surface area contributed by atoms with Crippen LogP contribution in [0.15, 0.2) is 12.4 Å². The van der Waals surface area contributed by atoms with Crippen molar-refractivity contribution >= 4 is 5.69 Å². The molecule has 2 rings (SSSR count). The lowest BCUT2D eigenvalue weighted by Crippen LogP contribution is -2.28. The molecule has 72 valence electrons. The number of anilines is 1. The van der Waals surface area contributed by atoms with E-state index in [1.54, 1.807) is 0 Å². The van der Waals surface area contributed by atoms with Gasteiger partial charge in [-0.3, -0.25) is 4.68 Å². The highest BCUT2D eigenvalue weighted by Crippen LogP contribution is 2.21. The Morgan fingerprint density at radius 3 is 2.77 bits per heavy atom. The molecule has 0 aromatic carbocycles. The number of nitrogens with zero attached hydrogens (tertiary/aromatic N) is 3. The van der Waals surface area contributed by atoms with Crippen molar-refractivity contribution in [3.8, 4) is 0 Å². The Labute approximate surface area is 78.3 Å². The van der Waals surface area contributed by atoms with E-state index < -0.39 is 0 Å². The van der Waals surface area contributed by atoms with Gasteiger partial charge >= 0.3 is 0 Å². The zero-order valence-electron chi connectivity index (χ0n) is 8.14. The lowest BCUT2D eigenvalue weighted by Gasteiger charge is -2.14. The minimum atomic E-state index is 0.306. The number of hydrogen-bond acceptors (Lipinski definition) is 3. The third kappa shape index (κ3) is 1.54. The van der Waals surface area contributed by atoms with Gasteiger partial charge in [0, 0.05) is 32.4 Å². The van der Waals surface area contributed by atoms with Gasteiger partial charge in [0.15, 0.2) is 0 Å². The summed E-state index contributed by atoms with van der Waals surface area (Å²) in [5.74, 6) is 0.584. The number of nitrogens with two attached hydrogens (primary N) is 1. The second kappa shape index (κ2) is 3.03. The monoisotopic (exact) mass is 180 g/mol. The number of hydrogen-bond donors (Lipinski definition) is 1. The van der Waals surface area contributed by atoms with Crippen LogP contribution in [0.5, 0.6) is 0 Å². The smallest absolute Gasteiger partial charge is 0.0753 e. The molecule has 1 aromatic heterocycles. The zero-order valence-corrected chi connectivity index (χ0v) is 8.14. The molecule has 2 heterocycles.